The lowest BCUT2D eigenvalue weighted by atomic mass is 10.2. The molecule has 0 spiro atoms. The first kappa shape index (κ1) is 15.3. The maximum absolute atomic E-state index is 11.9. The number of aromatic nitrogens is 1. The van der Waals surface area contributed by atoms with E-state index >= 15 is 0 Å². The van der Waals surface area contributed by atoms with Crippen molar-refractivity contribution in [1.82, 2.24) is 4.57 Å². The fourth-order valence-corrected chi connectivity index (χ4v) is 2.61. The lowest BCUT2D eigenvalue weighted by Crippen LogP contribution is -2.21. The van der Waals surface area contributed by atoms with Crippen LogP contribution in [0.25, 0.3) is 6.08 Å². The Balaban J connectivity index is 2.35. The molecule has 0 saturated heterocycles. The highest BCUT2D eigenvalue weighted by Crippen LogP contribution is 2.23. The van der Waals surface area contributed by atoms with Gasteiger partial charge in [0, 0.05) is 15.2 Å². The van der Waals surface area contributed by atoms with Crippen molar-refractivity contribution in [2.45, 2.75) is 6.54 Å². The van der Waals surface area contributed by atoms with Crippen molar-refractivity contribution in [1.29, 1.82) is 5.26 Å². The molecule has 5 heteroatoms. The summed E-state index contributed by atoms with van der Waals surface area (Å²) >= 11 is 2.17. The second-order valence-corrected chi connectivity index (χ2v) is 5.67. The third-order valence-electron chi connectivity index (χ3n) is 2.92. The van der Waals surface area contributed by atoms with Crippen molar-refractivity contribution >= 4 is 28.7 Å². The van der Waals surface area contributed by atoms with Crippen LogP contribution in [0.15, 0.2) is 50.8 Å². The Labute approximate surface area is 136 Å². The number of allylic oxidation sites excluding steroid dienone is 1. The molecule has 0 aliphatic rings. The molecular weight excluding hydrogens is 379 g/mol. The first-order valence-electron chi connectivity index (χ1n) is 6.24. The Hall–Kier alpha value is -2.07. The lowest BCUT2D eigenvalue weighted by Gasteiger charge is -2.08. The zero-order valence-electron chi connectivity index (χ0n) is 11.4. The molecule has 1 aromatic carbocycles. The van der Waals surface area contributed by atoms with Crippen molar-refractivity contribution in [2.75, 3.05) is 7.11 Å². The van der Waals surface area contributed by atoms with E-state index < -0.39 is 0 Å². The maximum Gasteiger partial charge on any atom is 0.251 e. The van der Waals surface area contributed by atoms with Gasteiger partial charge in [-0.15, -0.1) is 0 Å². The molecule has 1 heterocycles. The van der Waals surface area contributed by atoms with Gasteiger partial charge in [0.1, 0.15) is 17.5 Å². The summed E-state index contributed by atoms with van der Waals surface area (Å²) < 4.78 is 7.68. The Morgan fingerprint density at radius 2 is 2.10 bits per heavy atom. The van der Waals surface area contributed by atoms with Gasteiger partial charge < -0.3 is 4.74 Å². The van der Waals surface area contributed by atoms with Crippen LogP contribution in [-0.2, 0) is 6.54 Å². The lowest BCUT2D eigenvalue weighted by molar-refractivity contribution is 0.414. The monoisotopic (exact) mass is 392 g/mol. The summed E-state index contributed by atoms with van der Waals surface area (Å²) in [5.74, 6) is 0.771. The van der Waals surface area contributed by atoms with E-state index in [1.54, 1.807) is 19.2 Å². The number of benzene rings is 1. The van der Waals surface area contributed by atoms with E-state index in [4.69, 9.17) is 10.00 Å². The average Bonchev–Trinajstić information content (AvgIpc) is 2.49. The minimum Gasteiger partial charge on any atom is -0.496 e. The van der Waals surface area contributed by atoms with Gasteiger partial charge in [0.2, 0.25) is 0 Å². The third-order valence-corrected chi connectivity index (χ3v) is 3.58. The van der Waals surface area contributed by atoms with Crippen LogP contribution in [0.4, 0.5) is 0 Å². The molecule has 0 amide bonds. The van der Waals surface area contributed by atoms with Crippen LogP contribution >= 0.6 is 22.6 Å². The van der Waals surface area contributed by atoms with Gasteiger partial charge in [0.05, 0.1) is 13.7 Å². The molecule has 4 nitrogen and oxygen atoms in total. The van der Waals surface area contributed by atoms with Gasteiger partial charge in [-0.25, -0.2) is 0 Å². The number of hydrogen-bond acceptors (Lipinski definition) is 3. The van der Waals surface area contributed by atoms with Crippen molar-refractivity contribution in [2.24, 2.45) is 0 Å². The molecule has 0 radical (unpaired) electrons. The first-order chi connectivity index (χ1) is 10.2. The van der Waals surface area contributed by atoms with Crippen LogP contribution in [0.5, 0.6) is 5.75 Å². The number of pyridine rings is 1. The molecule has 0 fully saturated rings. The first-order valence-corrected chi connectivity index (χ1v) is 7.32. The van der Waals surface area contributed by atoms with Crippen molar-refractivity contribution in [3.63, 3.8) is 0 Å². The van der Waals surface area contributed by atoms with Crippen LogP contribution in [0.2, 0.25) is 0 Å². The molecule has 0 saturated carbocycles. The van der Waals surface area contributed by atoms with E-state index in [9.17, 15) is 4.79 Å². The zero-order chi connectivity index (χ0) is 15.2. The van der Waals surface area contributed by atoms with Gasteiger partial charge in [-0.1, -0.05) is 24.3 Å². The molecule has 2 aromatic rings. The maximum atomic E-state index is 11.9. The number of rotatable bonds is 4. The largest absolute Gasteiger partial charge is 0.496 e. The molecule has 0 aliphatic carbocycles. The molecule has 0 unspecified atom stereocenters. The van der Waals surface area contributed by atoms with E-state index in [2.05, 4.69) is 22.6 Å². The van der Waals surface area contributed by atoms with Gasteiger partial charge in [-0.2, -0.15) is 5.26 Å². The predicted octanol–water partition coefficient (Wildman–Crippen LogP) is 3.20. The van der Waals surface area contributed by atoms with Crippen molar-refractivity contribution < 1.29 is 4.74 Å². The summed E-state index contributed by atoms with van der Waals surface area (Å²) in [5.41, 5.74) is 1.11. The fourth-order valence-electron chi connectivity index (χ4n) is 1.93. The molecular formula is C16H13IN2O2. The molecule has 0 N–H and O–H groups in total. The van der Waals surface area contributed by atoms with Gasteiger partial charge >= 0.3 is 0 Å². The highest BCUT2D eigenvalue weighted by molar-refractivity contribution is 14.1. The molecule has 0 bridgehead atoms. The van der Waals surface area contributed by atoms with Crippen molar-refractivity contribution in [3.8, 4) is 11.8 Å². The number of methoxy groups -OCH3 is 1. The highest BCUT2D eigenvalue weighted by atomic mass is 127. The van der Waals surface area contributed by atoms with Gasteiger partial charge in [0.25, 0.3) is 5.56 Å². The molecule has 0 aliphatic heterocycles. The normalized spacial score (nSPS) is 11.0. The van der Waals surface area contributed by atoms with Gasteiger partial charge in [-0.3, -0.25) is 9.36 Å². The molecule has 21 heavy (non-hydrogen) atoms. The van der Waals surface area contributed by atoms with E-state index in [1.165, 1.54) is 10.6 Å². The SMILES string of the molecule is COc1ccccc1/C=C(\I)Cn1c(C#N)cccc1=O. The number of ether oxygens (including phenoxy) is 1. The van der Waals surface area contributed by atoms with E-state index in [0.29, 0.717) is 12.2 Å². The van der Waals surface area contributed by atoms with Crippen LogP contribution in [-0.4, -0.2) is 11.7 Å². The summed E-state index contributed by atoms with van der Waals surface area (Å²) in [6, 6.07) is 14.4. The Morgan fingerprint density at radius 3 is 2.81 bits per heavy atom. The van der Waals surface area contributed by atoms with Crippen LogP contribution in [0.1, 0.15) is 11.3 Å². The second-order valence-electron chi connectivity index (χ2n) is 4.28. The molecule has 0 atom stereocenters. The summed E-state index contributed by atoms with van der Waals surface area (Å²) in [7, 11) is 1.62. The Kier molecular flexibility index (Phi) is 5.17. The molecule has 1 aromatic heterocycles. The average molecular weight is 392 g/mol. The molecule has 106 valence electrons. The predicted molar refractivity (Wildman–Crippen MR) is 90.4 cm³/mol. The molecule has 2 rings (SSSR count). The minimum absolute atomic E-state index is 0.184. The Morgan fingerprint density at radius 1 is 1.33 bits per heavy atom. The number of halogens is 1. The quantitative estimate of drug-likeness (QED) is 0.751. The third kappa shape index (κ3) is 3.73. The minimum atomic E-state index is -0.184. The highest BCUT2D eigenvalue weighted by Gasteiger charge is 2.05. The number of nitriles is 1. The van der Waals surface area contributed by atoms with Gasteiger partial charge in [-0.05, 0) is 40.8 Å². The number of para-hydroxylation sites is 1. The van der Waals surface area contributed by atoms with Crippen LogP contribution in [0, 0.1) is 11.3 Å². The fraction of sp³-hybridized carbons (Fsp3) is 0.125. The van der Waals surface area contributed by atoms with Gasteiger partial charge in [0.15, 0.2) is 0 Å². The summed E-state index contributed by atoms with van der Waals surface area (Å²) in [4.78, 5) is 11.9. The smallest absolute Gasteiger partial charge is 0.251 e. The second kappa shape index (κ2) is 7.09. The number of hydrogen-bond donors (Lipinski definition) is 0. The van der Waals surface area contributed by atoms with E-state index in [1.807, 2.05) is 36.4 Å². The summed E-state index contributed by atoms with van der Waals surface area (Å²) in [5, 5.41) is 9.08. The Bertz CT molecular complexity index is 772. The number of nitrogens with zero attached hydrogens (tertiary/aromatic N) is 2. The summed E-state index contributed by atoms with van der Waals surface area (Å²) in [6.07, 6.45) is 1.94. The summed E-state index contributed by atoms with van der Waals surface area (Å²) in [6.45, 7) is 0.362. The van der Waals surface area contributed by atoms with Crippen LogP contribution < -0.4 is 10.3 Å². The van der Waals surface area contributed by atoms with Crippen molar-refractivity contribution in [3.05, 3.63) is 67.7 Å². The van der Waals surface area contributed by atoms with E-state index in [0.717, 1.165) is 14.9 Å². The topological polar surface area (TPSA) is 55.0 Å². The zero-order valence-corrected chi connectivity index (χ0v) is 13.6. The van der Waals surface area contributed by atoms with Crippen LogP contribution in [0.3, 0.4) is 0 Å². The standard InChI is InChI=1S/C16H13IN2O2/c1-21-15-7-3-2-5-12(15)9-13(17)11-19-14(10-18)6-4-8-16(19)20/h2-9H,11H2,1H3/b13-9-. The van der Waals surface area contributed by atoms with E-state index in [-0.39, 0.29) is 5.56 Å².